The zero-order chi connectivity index (χ0) is 9.94. The quantitative estimate of drug-likeness (QED) is 0.386. The molecular weight excluding hydrogens is 212 g/mol. The maximum absolute atomic E-state index is 2.29. The molecule has 0 radical (unpaired) electrons. The summed E-state index contributed by atoms with van der Waals surface area (Å²) in [6.07, 6.45) is 12.5. The number of hydrogen-bond donors (Lipinski definition) is 0. The van der Waals surface area contributed by atoms with Gasteiger partial charge in [-0.25, -0.2) is 0 Å². The van der Waals surface area contributed by atoms with E-state index in [2.05, 4.69) is 20.8 Å². The molecule has 0 rings (SSSR count). The van der Waals surface area contributed by atoms with Crippen LogP contribution in [-0.4, -0.2) is 0 Å². The van der Waals surface area contributed by atoms with E-state index in [4.69, 9.17) is 0 Å². The summed E-state index contributed by atoms with van der Waals surface area (Å²) in [5, 5.41) is 0. The van der Waals surface area contributed by atoms with Crippen LogP contribution in [0.4, 0.5) is 0 Å². The predicted octanol–water partition coefficient (Wildman–Crippen LogP) is 5.13. The van der Waals surface area contributed by atoms with Crippen molar-refractivity contribution in [1.29, 1.82) is 0 Å². The molecule has 0 N–H and O–H groups in total. The molecule has 0 saturated carbocycles. The molecule has 0 aromatic heterocycles. The molecular formula is C13H27Fe-. The molecule has 0 aromatic carbocycles. The summed E-state index contributed by atoms with van der Waals surface area (Å²) in [6, 6.07) is 0. The number of unbranched alkanes of at least 4 members (excludes halogenated alkanes) is 3. The SMILES string of the molecule is CCCC[C-](CCCC)CCCC.[Fe]. The standard InChI is InChI=1S/C13H27.Fe/c1-4-7-10-13(11-8-5-2)12-9-6-3;/h4-12H2,1-3H3;/q-1;. The molecule has 88 valence electrons. The van der Waals surface area contributed by atoms with Crippen molar-refractivity contribution in [3.05, 3.63) is 5.92 Å². The van der Waals surface area contributed by atoms with Crippen LogP contribution in [0, 0.1) is 5.92 Å². The second-order valence-corrected chi connectivity index (χ2v) is 4.06. The Morgan fingerprint density at radius 3 is 1.14 bits per heavy atom. The molecule has 0 aliphatic rings. The van der Waals surface area contributed by atoms with Crippen molar-refractivity contribution < 1.29 is 17.1 Å². The van der Waals surface area contributed by atoms with Gasteiger partial charge in [0.2, 0.25) is 0 Å². The fourth-order valence-electron chi connectivity index (χ4n) is 1.66. The van der Waals surface area contributed by atoms with Gasteiger partial charge in [0.1, 0.15) is 0 Å². The summed E-state index contributed by atoms with van der Waals surface area (Å²) >= 11 is 0. The first-order valence-corrected chi connectivity index (χ1v) is 6.18. The van der Waals surface area contributed by atoms with Crippen molar-refractivity contribution in [2.24, 2.45) is 0 Å². The van der Waals surface area contributed by atoms with E-state index in [0.717, 1.165) is 0 Å². The Morgan fingerprint density at radius 2 is 0.929 bits per heavy atom. The van der Waals surface area contributed by atoms with Crippen LogP contribution in [0.5, 0.6) is 0 Å². The van der Waals surface area contributed by atoms with Crippen molar-refractivity contribution in [1.82, 2.24) is 0 Å². The average Bonchev–Trinajstić information content (AvgIpc) is 2.17. The van der Waals surface area contributed by atoms with Crippen LogP contribution in [0.25, 0.3) is 0 Å². The minimum Gasteiger partial charge on any atom is -0.314 e. The molecule has 0 nitrogen and oxygen atoms in total. The molecule has 0 fully saturated rings. The van der Waals surface area contributed by atoms with Crippen LogP contribution in [0.1, 0.15) is 78.6 Å². The molecule has 0 heterocycles. The van der Waals surface area contributed by atoms with E-state index in [0.29, 0.717) is 0 Å². The van der Waals surface area contributed by atoms with Crippen molar-refractivity contribution in [2.75, 3.05) is 0 Å². The third-order valence-corrected chi connectivity index (χ3v) is 2.65. The second kappa shape index (κ2) is 13.5. The van der Waals surface area contributed by atoms with Gasteiger partial charge in [-0.2, -0.15) is 19.3 Å². The van der Waals surface area contributed by atoms with Gasteiger partial charge in [0.15, 0.2) is 0 Å². The summed E-state index contributed by atoms with van der Waals surface area (Å²) in [5.41, 5.74) is 0. The third kappa shape index (κ3) is 10.6. The molecule has 1 heteroatoms. The molecule has 0 aliphatic carbocycles. The van der Waals surface area contributed by atoms with Gasteiger partial charge in [0, 0.05) is 17.1 Å². The van der Waals surface area contributed by atoms with Crippen LogP contribution in [0.3, 0.4) is 0 Å². The summed E-state index contributed by atoms with van der Waals surface area (Å²) in [5.74, 6) is 1.84. The number of hydrogen-bond acceptors (Lipinski definition) is 0. The van der Waals surface area contributed by atoms with E-state index in [1.165, 1.54) is 57.8 Å². The van der Waals surface area contributed by atoms with Crippen LogP contribution >= 0.6 is 0 Å². The Hall–Kier alpha value is 0.519. The van der Waals surface area contributed by atoms with Crippen molar-refractivity contribution in [3.63, 3.8) is 0 Å². The van der Waals surface area contributed by atoms with E-state index in [1.54, 1.807) is 0 Å². The maximum atomic E-state index is 2.29. The Kier molecular flexibility index (Phi) is 16.4. The van der Waals surface area contributed by atoms with Crippen LogP contribution in [0.15, 0.2) is 0 Å². The van der Waals surface area contributed by atoms with Crippen molar-refractivity contribution in [3.8, 4) is 0 Å². The molecule has 0 unspecified atom stereocenters. The zero-order valence-electron chi connectivity index (χ0n) is 10.2. The molecule has 0 amide bonds. The van der Waals surface area contributed by atoms with E-state index < -0.39 is 0 Å². The van der Waals surface area contributed by atoms with Gasteiger partial charge in [-0.05, 0) is 0 Å². The monoisotopic (exact) mass is 239 g/mol. The zero-order valence-corrected chi connectivity index (χ0v) is 11.3. The van der Waals surface area contributed by atoms with Gasteiger partial charge >= 0.3 is 0 Å². The van der Waals surface area contributed by atoms with Gasteiger partial charge in [-0.3, -0.25) is 0 Å². The second-order valence-electron chi connectivity index (χ2n) is 4.06. The Morgan fingerprint density at radius 1 is 0.643 bits per heavy atom. The Bertz CT molecular complexity index is 72.2. The summed E-state index contributed by atoms with van der Waals surface area (Å²) < 4.78 is 0. The van der Waals surface area contributed by atoms with Gasteiger partial charge in [-0.1, -0.05) is 59.3 Å². The Labute approximate surface area is 102 Å². The molecule has 0 atom stereocenters. The van der Waals surface area contributed by atoms with Gasteiger partial charge in [-0.15, -0.1) is 0 Å². The van der Waals surface area contributed by atoms with E-state index in [-0.39, 0.29) is 17.1 Å². The predicted molar refractivity (Wildman–Crippen MR) is 61.8 cm³/mol. The molecule has 0 aromatic rings. The minimum absolute atomic E-state index is 0. The van der Waals surface area contributed by atoms with E-state index >= 15 is 0 Å². The molecule has 0 bridgehead atoms. The Balaban J connectivity index is 0. The van der Waals surface area contributed by atoms with E-state index in [1.807, 2.05) is 5.92 Å². The average molecular weight is 239 g/mol. The molecule has 0 aliphatic heterocycles. The first kappa shape index (κ1) is 16.9. The summed E-state index contributed by atoms with van der Waals surface area (Å²) in [7, 11) is 0. The first-order chi connectivity index (χ1) is 6.35. The number of rotatable bonds is 9. The molecule has 14 heavy (non-hydrogen) atoms. The first-order valence-electron chi connectivity index (χ1n) is 6.18. The van der Waals surface area contributed by atoms with Crippen LogP contribution < -0.4 is 0 Å². The van der Waals surface area contributed by atoms with Crippen LogP contribution in [0.2, 0.25) is 0 Å². The topological polar surface area (TPSA) is 0 Å². The third-order valence-electron chi connectivity index (χ3n) is 2.65. The normalized spacial score (nSPS) is 10.3. The van der Waals surface area contributed by atoms with Gasteiger partial charge in [0.05, 0.1) is 0 Å². The largest absolute Gasteiger partial charge is 0.314 e. The fraction of sp³-hybridized carbons (Fsp3) is 0.923. The van der Waals surface area contributed by atoms with E-state index in [9.17, 15) is 0 Å². The maximum Gasteiger partial charge on any atom is 0 e. The van der Waals surface area contributed by atoms with Crippen LogP contribution in [-0.2, 0) is 17.1 Å². The fourth-order valence-corrected chi connectivity index (χ4v) is 1.66. The molecule has 0 spiro atoms. The van der Waals surface area contributed by atoms with Crippen molar-refractivity contribution >= 4 is 0 Å². The molecule has 0 saturated heterocycles. The summed E-state index contributed by atoms with van der Waals surface area (Å²) in [6.45, 7) is 6.87. The summed E-state index contributed by atoms with van der Waals surface area (Å²) in [4.78, 5) is 0. The van der Waals surface area contributed by atoms with Gasteiger partial charge in [0.25, 0.3) is 0 Å². The minimum atomic E-state index is 0. The van der Waals surface area contributed by atoms with Crippen molar-refractivity contribution in [2.45, 2.75) is 78.6 Å². The van der Waals surface area contributed by atoms with Gasteiger partial charge < -0.3 is 5.92 Å². The smallest absolute Gasteiger partial charge is 0 e.